The number of aryl methyl sites for hydroxylation is 2. The first kappa shape index (κ1) is 29.5. The average molecular weight is 554 g/mol. The third-order valence-corrected chi connectivity index (χ3v) is 7.14. The number of H-pyrrole nitrogens is 1. The predicted octanol–water partition coefficient (Wildman–Crippen LogP) is 6.05. The topological polar surface area (TPSA) is 107 Å². The highest BCUT2D eigenvalue weighted by atomic mass is 16.2. The van der Waals surface area contributed by atoms with E-state index in [1.807, 2.05) is 67.3 Å². The van der Waals surface area contributed by atoms with Gasteiger partial charge in [-0.2, -0.15) is 0 Å². The van der Waals surface area contributed by atoms with Crippen molar-refractivity contribution in [3.63, 3.8) is 0 Å². The summed E-state index contributed by atoms with van der Waals surface area (Å²) in [6.07, 6.45) is 11.5. The lowest BCUT2D eigenvalue weighted by molar-refractivity contribution is -0.114. The lowest BCUT2D eigenvalue weighted by Gasteiger charge is -2.27. The summed E-state index contributed by atoms with van der Waals surface area (Å²) in [5, 5.41) is 5.74. The van der Waals surface area contributed by atoms with E-state index < -0.39 is 0 Å². The Morgan fingerprint density at radius 3 is 2.54 bits per heavy atom. The van der Waals surface area contributed by atoms with Crippen molar-refractivity contribution in [2.75, 3.05) is 18.4 Å². The van der Waals surface area contributed by atoms with Crippen LogP contribution in [0.2, 0.25) is 0 Å². The highest BCUT2D eigenvalue weighted by molar-refractivity contribution is 5.98. The van der Waals surface area contributed by atoms with Crippen LogP contribution >= 0.6 is 0 Å². The fraction of sp³-hybridized carbons (Fsp3) is 0.333. The van der Waals surface area contributed by atoms with Gasteiger partial charge in [-0.05, 0) is 80.0 Å². The first-order chi connectivity index (χ1) is 19.7. The number of allylic oxidation sites excluding steroid dienone is 3. The number of benzene rings is 2. The summed E-state index contributed by atoms with van der Waals surface area (Å²) in [7, 11) is 0. The summed E-state index contributed by atoms with van der Waals surface area (Å²) >= 11 is 0. The zero-order valence-electron chi connectivity index (χ0n) is 24.3. The maximum atomic E-state index is 13.4. The van der Waals surface area contributed by atoms with Crippen molar-refractivity contribution in [1.29, 1.82) is 0 Å². The number of piperidine rings is 1. The van der Waals surface area contributed by atoms with E-state index in [2.05, 4.69) is 33.6 Å². The Bertz CT molecular complexity index is 1480. The van der Waals surface area contributed by atoms with Crippen LogP contribution in [0.1, 0.15) is 88.3 Å². The monoisotopic (exact) mass is 553 g/mol. The molecule has 0 aliphatic carbocycles. The van der Waals surface area contributed by atoms with Gasteiger partial charge in [-0.1, -0.05) is 48.9 Å². The van der Waals surface area contributed by atoms with Gasteiger partial charge >= 0.3 is 0 Å². The van der Waals surface area contributed by atoms with Crippen molar-refractivity contribution in [3.8, 4) is 0 Å². The largest absolute Gasteiger partial charge is 0.348 e. The molecule has 3 aromatic rings. The molecule has 8 heteroatoms. The highest BCUT2D eigenvalue weighted by Gasteiger charge is 2.21. The SMILES string of the molecule is CC/C=C(/C=C\c1ncc(NC(C)=O)[nH]1)c1ccc(C)c(C(=O)NCc2cc(C)ccc2C(=O)N2CCCCC2)c1. The van der Waals surface area contributed by atoms with E-state index in [1.165, 1.54) is 6.92 Å². The standard InChI is InChI=1S/C33H39N5O3/c1-5-9-25(13-15-30-34-21-31(37-30)36-24(4)39)26-12-11-23(3)29(19-26)32(40)35-20-27-18-22(2)10-14-28(27)33(41)38-16-7-6-8-17-38/h9-15,18-19,21H,5-8,16-17,20H2,1-4H3,(H,34,37)(H,35,40)(H,36,39)/b15-13-,25-9-. The zero-order chi connectivity index (χ0) is 29.4. The minimum absolute atomic E-state index is 0.0361. The molecule has 41 heavy (non-hydrogen) atoms. The number of aromatic amines is 1. The maximum absolute atomic E-state index is 13.4. The van der Waals surface area contributed by atoms with Crippen LogP contribution in [-0.2, 0) is 11.3 Å². The Morgan fingerprint density at radius 1 is 1.02 bits per heavy atom. The summed E-state index contributed by atoms with van der Waals surface area (Å²) in [5.74, 6) is 0.811. The lowest BCUT2D eigenvalue weighted by Crippen LogP contribution is -2.36. The number of carbonyl (C=O) groups is 3. The molecule has 2 heterocycles. The second kappa shape index (κ2) is 13.7. The Morgan fingerprint density at radius 2 is 1.80 bits per heavy atom. The van der Waals surface area contributed by atoms with E-state index in [1.54, 1.807) is 6.20 Å². The molecule has 0 radical (unpaired) electrons. The van der Waals surface area contributed by atoms with E-state index in [4.69, 9.17) is 0 Å². The first-order valence-corrected chi connectivity index (χ1v) is 14.2. The molecule has 3 amide bonds. The summed E-state index contributed by atoms with van der Waals surface area (Å²) in [5.41, 5.74) is 5.84. The minimum Gasteiger partial charge on any atom is -0.348 e. The molecule has 1 aliphatic rings. The average Bonchev–Trinajstić information content (AvgIpc) is 3.41. The summed E-state index contributed by atoms with van der Waals surface area (Å²) in [6, 6.07) is 11.7. The molecule has 1 aromatic heterocycles. The van der Waals surface area contributed by atoms with Gasteiger partial charge in [0.25, 0.3) is 11.8 Å². The molecule has 0 unspecified atom stereocenters. The Balaban J connectivity index is 1.51. The molecule has 8 nitrogen and oxygen atoms in total. The fourth-order valence-electron chi connectivity index (χ4n) is 5.01. The smallest absolute Gasteiger partial charge is 0.254 e. The van der Waals surface area contributed by atoms with Gasteiger partial charge < -0.3 is 20.5 Å². The summed E-state index contributed by atoms with van der Waals surface area (Å²) < 4.78 is 0. The molecule has 0 atom stereocenters. The molecule has 1 saturated heterocycles. The predicted molar refractivity (Wildman–Crippen MR) is 163 cm³/mol. The Labute approximate surface area is 242 Å². The Hall–Kier alpha value is -4.46. The number of hydrogen-bond donors (Lipinski definition) is 3. The number of carbonyl (C=O) groups excluding carboxylic acids is 3. The number of anilines is 1. The Kier molecular flexibility index (Phi) is 9.90. The number of imidazole rings is 1. The molecule has 0 spiro atoms. The van der Waals surface area contributed by atoms with Crippen LogP contribution in [0, 0.1) is 13.8 Å². The van der Waals surface area contributed by atoms with Crippen LogP contribution in [0.25, 0.3) is 11.6 Å². The fourth-order valence-corrected chi connectivity index (χ4v) is 5.01. The van der Waals surface area contributed by atoms with Crippen molar-refractivity contribution in [2.24, 2.45) is 0 Å². The van der Waals surface area contributed by atoms with Gasteiger partial charge in [0.2, 0.25) is 5.91 Å². The molecular formula is C33H39N5O3. The minimum atomic E-state index is -0.187. The van der Waals surface area contributed by atoms with E-state index in [-0.39, 0.29) is 24.3 Å². The van der Waals surface area contributed by atoms with Crippen LogP contribution in [0.15, 0.2) is 54.7 Å². The number of nitrogens with zero attached hydrogens (tertiary/aromatic N) is 2. The number of nitrogens with one attached hydrogen (secondary N) is 3. The van der Waals surface area contributed by atoms with Crippen molar-refractivity contribution < 1.29 is 14.4 Å². The maximum Gasteiger partial charge on any atom is 0.254 e. The number of likely N-dealkylation sites (tertiary alicyclic amines) is 1. The second-order valence-corrected chi connectivity index (χ2v) is 10.5. The van der Waals surface area contributed by atoms with Crippen LogP contribution in [0.5, 0.6) is 0 Å². The number of hydrogen-bond acceptors (Lipinski definition) is 4. The lowest BCUT2D eigenvalue weighted by atomic mass is 9.97. The van der Waals surface area contributed by atoms with E-state index in [0.717, 1.165) is 66.6 Å². The van der Waals surface area contributed by atoms with Gasteiger partial charge in [-0.15, -0.1) is 0 Å². The third-order valence-electron chi connectivity index (χ3n) is 7.14. The second-order valence-electron chi connectivity index (χ2n) is 10.5. The van der Waals surface area contributed by atoms with E-state index in [9.17, 15) is 14.4 Å². The molecule has 0 saturated carbocycles. The molecule has 214 valence electrons. The van der Waals surface area contributed by atoms with Crippen LogP contribution in [0.3, 0.4) is 0 Å². The van der Waals surface area contributed by atoms with Gasteiger partial charge in [-0.3, -0.25) is 14.4 Å². The van der Waals surface area contributed by atoms with Gasteiger partial charge in [0.05, 0.1) is 6.20 Å². The van der Waals surface area contributed by atoms with Crippen molar-refractivity contribution in [1.82, 2.24) is 20.2 Å². The molecule has 0 bridgehead atoms. The number of rotatable bonds is 9. The van der Waals surface area contributed by atoms with Crippen LogP contribution < -0.4 is 10.6 Å². The zero-order valence-corrected chi connectivity index (χ0v) is 24.3. The first-order valence-electron chi connectivity index (χ1n) is 14.2. The van der Waals surface area contributed by atoms with Crippen molar-refractivity contribution in [3.05, 3.63) is 94.0 Å². The number of aromatic nitrogens is 2. The van der Waals surface area contributed by atoms with Gasteiger partial charge in [-0.25, -0.2) is 4.98 Å². The normalized spacial score (nSPS) is 13.9. The van der Waals surface area contributed by atoms with Crippen LogP contribution in [-0.4, -0.2) is 45.7 Å². The molecule has 4 rings (SSSR count). The quantitative estimate of drug-likeness (QED) is 0.281. The highest BCUT2D eigenvalue weighted by Crippen LogP contribution is 2.23. The van der Waals surface area contributed by atoms with Gasteiger partial charge in [0.1, 0.15) is 11.6 Å². The number of amides is 3. The summed E-state index contributed by atoms with van der Waals surface area (Å²) in [4.78, 5) is 47.2. The van der Waals surface area contributed by atoms with Crippen LogP contribution in [0.4, 0.5) is 5.82 Å². The van der Waals surface area contributed by atoms with Gasteiger partial charge in [0.15, 0.2) is 0 Å². The van der Waals surface area contributed by atoms with Crippen molar-refractivity contribution >= 4 is 35.2 Å². The molecule has 1 fully saturated rings. The van der Waals surface area contributed by atoms with Gasteiger partial charge in [0, 0.05) is 37.7 Å². The molecule has 3 N–H and O–H groups in total. The molecule has 1 aliphatic heterocycles. The van der Waals surface area contributed by atoms with E-state index in [0.29, 0.717) is 22.8 Å². The van der Waals surface area contributed by atoms with E-state index >= 15 is 0 Å². The molecule has 2 aromatic carbocycles. The summed E-state index contributed by atoms with van der Waals surface area (Å²) in [6.45, 7) is 9.24. The third kappa shape index (κ3) is 7.81. The van der Waals surface area contributed by atoms with Crippen molar-refractivity contribution in [2.45, 2.75) is 59.9 Å². The molecular weight excluding hydrogens is 514 g/mol.